The summed E-state index contributed by atoms with van der Waals surface area (Å²) in [5.74, 6) is 1.11. The van der Waals surface area contributed by atoms with E-state index in [1.54, 1.807) is 24.3 Å². The third-order valence-corrected chi connectivity index (χ3v) is 8.48. The minimum Gasteiger partial charge on any atom is -0.456 e. The fourth-order valence-electron chi connectivity index (χ4n) is 6.32. The molecule has 0 spiro atoms. The predicted octanol–water partition coefficient (Wildman–Crippen LogP) is 11.5. The Bertz CT molecular complexity index is 3360. The number of hydrogen-bond acceptors (Lipinski definition) is 5. The van der Waals surface area contributed by atoms with Gasteiger partial charge in [-0.05, 0) is 52.2 Å². The third-order valence-electron chi connectivity index (χ3n) is 8.48. The van der Waals surface area contributed by atoms with Crippen LogP contribution in [0.1, 0.15) is 12.3 Å². The van der Waals surface area contributed by atoms with E-state index in [0.717, 1.165) is 27.5 Å². The van der Waals surface area contributed by atoms with Gasteiger partial charge in [-0.3, -0.25) is 0 Å². The maximum Gasteiger partial charge on any atom is 0.164 e. The zero-order chi connectivity index (χ0) is 39.4. The van der Waals surface area contributed by atoms with Gasteiger partial charge in [0.05, 0.1) is 12.3 Å². The van der Waals surface area contributed by atoms with Crippen molar-refractivity contribution < 1.29 is 21.2 Å². The number of benzene rings is 7. The molecule has 5 nitrogen and oxygen atoms in total. The second-order valence-electron chi connectivity index (χ2n) is 11.3. The molecule has 7 aromatic carbocycles. The van der Waals surface area contributed by atoms with Gasteiger partial charge < -0.3 is 8.83 Å². The van der Waals surface area contributed by atoms with Gasteiger partial charge in [0.2, 0.25) is 0 Å². The molecule has 0 aliphatic heterocycles. The number of aromatic nitrogens is 3. The van der Waals surface area contributed by atoms with Crippen LogP contribution in [0, 0.1) is 0 Å². The largest absolute Gasteiger partial charge is 0.456 e. The first kappa shape index (κ1) is 19.2. The second-order valence-corrected chi connectivity index (χ2v) is 11.3. The van der Waals surface area contributed by atoms with E-state index >= 15 is 0 Å². The van der Waals surface area contributed by atoms with Gasteiger partial charge in [0.1, 0.15) is 22.3 Å². The van der Waals surface area contributed by atoms with Crippen molar-refractivity contribution in [2.24, 2.45) is 0 Å². The van der Waals surface area contributed by atoms with Gasteiger partial charge in [0.25, 0.3) is 0 Å². The smallest absolute Gasteiger partial charge is 0.164 e. The molecule has 5 heteroatoms. The lowest BCUT2D eigenvalue weighted by Crippen LogP contribution is -2.00. The molecule has 10 rings (SSSR count). The van der Waals surface area contributed by atoms with Crippen LogP contribution >= 0.6 is 0 Å². The van der Waals surface area contributed by atoms with Crippen LogP contribution in [0.4, 0.5) is 0 Å². The second kappa shape index (κ2) is 10.5. The Morgan fingerprint density at radius 3 is 2.04 bits per heavy atom. The van der Waals surface area contributed by atoms with Crippen LogP contribution in [-0.4, -0.2) is 15.0 Å². The first-order chi connectivity index (χ1) is 27.5. The molecule has 3 aromatic heterocycles. The monoisotopic (exact) mass is 624 g/mol. The van der Waals surface area contributed by atoms with E-state index in [9.17, 15) is 1.37 Å². The summed E-state index contributed by atoms with van der Waals surface area (Å²) in [6, 6.07) is 25.9. The first-order valence-electron chi connectivity index (χ1n) is 19.7. The molecule has 0 saturated carbocycles. The lowest BCUT2D eigenvalue weighted by molar-refractivity contribution is 0.668. The van der Waals surface area contributed by atoms with Crippen LogP contribution in [0.5, 0.6) is 0 Å². The molecule has 0 aliphatic rings. The summed E-state index contributed by atoms with van der Waals surface area (Å²) >= 11 is 0. The molecule has 0 saturated heterocycles. The Morgan fingerprint density at radius 1 is 0.396 bits per heavy atom. The third kappa shape index (κ3) is 4.15. The maximum atomic E-state index is 9.18. The number of fused-ring (bicyclic) bond motifs is 8. The first-order valence-corrected chi connectivity index (χ1v) is 15.2. The summed E-state index contributed by atoms with van der Waals surface area (Å²) in [6.45, 7) is 0. The molecule has 48 heavy (non-hydrogen) atoms. The number of para-hydroxylation sites is 2. The number of nitrogens with zero attached hydrogens (tertiary/aromatic N) is 3. The van der Waals surface area contributed by atoms with Crippen LogP contribution in [0.2, 0.25) is 0 Å². The van der Waals surface area contributed by atoms with Gasteiger partial charge in [-0.1, -0.05) is 121 Å². The van der Waals surface area contributed by atoms with E-state index < -0.39 is 42.3 Å². The van der Waals surface area contributed by atoms with Crippen molar-refractivity contribution in [3.05, 3.63) is 151 Å². The zero-order valence-corrected chi connectivity index (χ0v) is 24.9. The fraction of sp³-hybridized carbons (Fsp3) is 0. The van der Waals surface area contributed by atoms with Crippen LogP contribution in [-0.2, 0) is 0 Å². The minimum atomic E-state index is -0.531. The van der Waals surface area contributed by atoms with Crippen molar-refractivity contribution in [3.8, 4) is 45.3 Å². The molecule has 0 bridgehead atoms. The van der Waals surface area contributed by atoms with Crippen molar-refractivity contribution in [1.29, 1.82) is 0 Å². The van der Waals surface area contributed by atoms with Gasteiger partial charge >= 0.3 is 0 Å². The van der Waals surface area contributed by atoms with Gasteiger partial charge in [0.15, 0.2) is 17.5 Å². The Morgan fingerprint density at radius 2 is 1.10 bits per heavy atom. The average molecular weight is 625 g/mol. The van der Waals surface area contributed by atoms with Gasteiger partial charge in [-0.15, -0.1) is 0 Å². The molecule has 0 fully saturated rings. The van der Waals surface area contributed by atoms with Crippen molar-refractivity contribution >= 4 is 54.6 Å². The summed E-state index contributed by atoms with van der Waals surface area (Å²) in [7, 11) is 0. The summed E-state index contributed by atoms with van der Waals surface area (Å²) < 4.78 is 91.1. The molecular weight excluding hydrogens is 590 g/mol. The van der Waals surface area contributed by atoms with Crippen LogP contribution in [0.15, 0.2) is 160 Å². The highest BCUT2D eigenvalue weighted by molar-refractivity contribution is 6.21. The quantitative estimate of drug-likeness (QED) is 0.195. The van der Waals surface area contributed by atoms with E-state index in [4.69, 9.17) is 34.8 Å². The highest BCUT2D eigenvalue weighted by Gasteiger charge is 2.18. The Labute approximate surface area is 287 Å². The molecule has 0 unspecified atom stereocenters. The molecule has 0 atom stereocenters. The van der Waals surface area contributed by atoms with Crippen molar-refractivity contribution in [3.63, 3.8) is 0 Å². The molecule has 10 aromatic rings. The molecule has 224 valence electrons. The fourth-order valence-corrected chi connectivity index (χ4v) is 6.32. The topological polar surface area (TPSA) is 65.0 Å². The normalized spacial score (nSPS) is 14.4. The van der Waals surface area contributed by atoms with Crippen LogP contribution < -0.4 is 0 Å². The minimum absolute atomic E-state index is 0.00517. The molecule has 0 radical (unpaired) electrons. The number of rotatable bonds is 4. The summed E-state index contributed by atoms with van der Waals surface area (Å²) in [4.78, 5) is 14.8. The SMILES string of the molecule is [2H]c1c([2H])c([2H])c2c(oc3c([2H])c([2H])c4c(-c5cccc(-c6nc(-c7ccccc7)nc(-c7cccc8oc9ccccc9c78)n6)c5)c([2H])c([2H])c([2H])c4c32)c1[2H]. The molecule has 0 amide bonds. The summed E-state index contributed by atoms with van der Waals surface area (Å²) in [5.41, 5.74) is 3.45. The standard InChI is InChI=1S/C43H25N3O2/c1-2-11-26(12-3-1)41-44-42(46-43(45-41)34-19-10-22-37-40(34)33-16-5-7-21-36(33)47-37)28-14-8-13-27(25-28)29-17-9-18-31-30(29)23-24-38-39(31)32-15-4-6-20-35(32)48-38/h1-25H/i4D,6D,9D,15D,17D,18D,20D,23D,24D. The predicted molar refractivity (Wildman–Crippen MR) is 194 cm³/mol. The Hall–Kier alpha value is -6.59. The Kier molecular flexibility index (Phi) is 4.18. The highest BCUT2D eigenvalue weighted by atomic mass is 16.3. The van der Waals surface area contributed by atoms with Crippen molar-refractivity contribution in [1.82, 2.24) is 15.0 Å². The van der Waals surface area contributed by atoms with Gasteiger partial charge in [-0.2, -0.15) is 0 Å². The van der Waals surface area contributed by atoms with Gasteiger partial charge in [-0.25, -0.2) is 15.0 Å². The molecular formula is C43H25N3O2. The Balaban J connectivity index is 1.25. The lowest BCUT2D eigenvalue weighted by Gasteiger charge is -2.11. The van der Waals surface area contributed by atoms with E-state index in [2.05, 4.69) is 0 Å². The van der Waals surface area contributed by atoms with Crippen LogP contribution in [0.3, 0.4) is 0 Å². The number of furan rings is 2. The summed E-state index contributed by atoms with van der Waals surface area (Å²) in [6.07, 6.45) is 0. The van der Waals surface area contributed by atoms with Crippen molar-refractivity contribution in [2.45, 2.75) is 0 Å². The van der Waals surface area contributed by atoms with E-state index in [0.29, 0.717) is 34.2 Å². The van der Waals surface area contributed by atoms with Crippen molar-refractivity contribution in [2.75, 3.05) is 0 Å². The van der Waals surface area contributed by atoms with Crippen LogP contribution in [0.25, 0.3) is 99.9 Å². The number of hydrogen-bond donors (Lipinski definition) is 0. The van der Waals surface area contributed by atoms with Gasteiger partial charge in [0, 0.05) is 38.2 Å². The van der Waals surface area contributed by atoms with E-state index in [1.165, 1.54) is 0 Å². The van der Waals surface area contributed by atoms with E-state index in [-0.39, 0.29) is 50.4 Å². The molecule has 0 aliphatic carbocycles. The summed E-state index contributed by atoms with van der Waals surface area (Å²) in [5, 5.41) is 1.68. The van der Waals surface area contributed by atoms with E-state index in [1.807, 2.05) is 72.8 Å². The lowest BCUT2D eigenvalue weighted by atomic mass is 9.94. The maximum absolute atomic E-state index is 9.18. The molecule has 3 heterocycles. The highest BCUT2D eigenvalue weighted by Crippen LogP contribution is 2.40. The molecule has 0 N–H and O–H groups in total. The average Bonchev–Trinajstić information content (AvgIpc) is 3.83. The zero-order valence-electron chi connectivity index (χ0n) is 33.9.